The average molecular weight is 614 g/mol. The number of nitrogens with zero attached hydrogens (tertiary/aromatic N) is 1. The number of rotatable bonds is 5. The van der Waals surface area contributed by atoms with E-state index in [0.717, 1.165) is 33.4 Å². The second-order valence-corrected chi connectivity index (χ2v) is 13.1. The van der Waals surface area contributed by atoms with Crippen LogP contribution in [0.2, 0.25) is 0 Å². The number of carbonyl (C=O) groups excluding carboxylic acids is 2. The highest BCUT2D eigenvalue weighted by Gasteiger charge is 2.36. The lowest BCUT2D eigenvalue weighted by atomic mass is 9.89. The number of anilines is 3. The Bertz CT molecular complexity index is 2100. The predicted molar refractivity (Wildman–Crippen MR) is 191 cm³/mol. The van der Waals surface area contributed by atoms with Crippen LogP contribution in [0, 0.1) is 12.3 Å². The SMILES string of the molecule is Cc1ccc(N(c2ccccc2)c2ccc(C=CC3=CC(=C4C(=O)c5cc6ccccc6cc5C4=O)C=C(C(C)(C)C)O3)cc2)cc1. The normalized spacial score (nSPS) is 14.7. The molecule has 0 fully saturated rings. The molecule has 0 bridgehead atoms. The average Bonchev–Trinajstić information content (AvgIpc) is 3.32. The molecule has 5 aromatic carbocycles. The van der Waals surface area contributed by atoms with Crippen LogP contribution in [-0.4, -0.2) is 11.6 Å². The highest BCUT2D eigenvalue weighted by Crippen LogP contribution is 2.39. The van der Waals surface area contributed by atoms with E-state index < -0.39 is 0 Å². The second kappa shape index (κ2) is 11.9. The molecule has 1 aliphatic heterocycles. The smallest absolute Gasteiger partial charge is 0.198 e. The standard InChI is InChI=1S/C43H35NO3/c1-28-14-19-34(20-15-28)44(33-12-6-5-7-13-33)35-21-16-29(17-22-35)18-23-36-24-32(27-39(47-36)43(2,3)4)40-41(45)37-25-30-10-8-9-11-31(30)26-38(37)42(40)46/h5-27H,1-4H3. The third-order valence-corrected chi connectivity index (χ3v) is 8.57. The zero-order valence-electron chi connectivity index (χ0n) is 27.0. The van der Waals surface area contributed by atoms with Crippen LogP contribution in [0.5, 0.6) is 0 Å². The van der Waals surface area contributed by atoms with Crippen LogP contribution in [0.3, 0.4) is 0 Å². The number of hydrogen-bond donors (Lipinski definition) is 0. The summed E-state index contributed by atoms with van der Waals surface area (Å²) < 4.78 is 6.33. The fourth-order valence-electron chi connectivity index (χ4n) is 6.00. The molecule has 0 spiro atoms. The number of ketones is 2. The van der Waals surface area contributed by atoms with Gasteiger partial charge in [-0.05, 0) is 95.6 Å². The second-order valence-electron chi connectivity index (χ2n) is 13.1. The van der Waals surface area contributed by atoms with Gasteiger partial charge in [-0.25, -0.2) is 0 Å². The van der Waals surface area contributed by atoms with Crippen molar-refractivity contribution in [3.8, 4) is 0 Å². The predicted octanol–water partition coefficient (Wildman–Crippen LogP) is 10.9. The third kappa shape index (κ3) is 5.86. The summed E-state index contributed by atoms with van der Waals surface area (Å²) in [6.07, 6.45) is 7.52. The van der Waals surface area contributed by atoms with Crippen LogP contribution >= 0.6 is 0 Å². The number of allylic oxidation sites excluding steroid dienone is 6. The van der Waals surface area contributed by atoms with E-state index in [1.807, 2.05) is 72.8 Å². The molecular weight excluding hydrogens is 578 g/mol. The number of Topliss-reactive ketones (excluding diaryl/α,β-unsaturated/α-hetero) is 2. The van der Waals surface area contributed by atoms with Gasteiger partial charge in [0, 0.05) is 33.6 Å². The molecule has 0 saturated heterocycles. The first-order valence-electron chi connectivity index (χ1n) is 15.8. The monoisotopic (exact) mass is 613 g/mol. The molecule has 4 heteroatoms. The molecule has 7 rings (SSSR count). The van der Waals surface area contributed by atoms with Gasteiger partial charge in [0.25, 0.3) is 0 Å². The van der Waals surface area contributed by atoms with Crippen LogP contribution in [0.4, 0.5) is 17.1 Å². The summed E-state index contributed by atoms with van der Waals surface area (Å²) in [7, 11) is 0. The van der Waals surface area contributed by atoms with Crippen molar-refractivity contribution in [1.82, 2.24) is 0 Å². The first-order chi connectivity index (χ1) is 22.7. The van der Waals surface area contributed by atoms with Crippen molar-refractivity contribution in [1.29, 1.82) is 0 Å². The highest BCUT2D eigenvalue weighted by atomic mass is 16.5. The van der Waals surface area contributed by atoms with Crippen molar-refractivity contribution >= 4 is 45.5 Å². The van der Waals surface area contributed by atoms with E-state index in [4.69, 9.17) is 4.74 Å². The molecule has 1 aliphatic carbocycles. The number of hydrogen-bond acceptors (Lipinski definition) is 4. The van der Waals surface area contributed by atoms with E-state index >= 15 is 0 Å². The maximum Gasteiger partial charge on any atom is 0.198 e. The summed E-state index contributed by atoms with van der Waals surface area (Å²) in [5.41, 5.74) is 6.73. The van der Waals surface area contributed by atoms with Crippen molar-refractivity contribution in [2.24, 2.45) is 5.41 Å². The molecule has 0 aromatic heterocycles. The number of aryl methyl sites for hydroxylation is 1. The first kappa shape index (κ1) is 29.9. The molecular formula is C43H35NO3. The molecule has 0 atom stereocenters. The lowest BCUT2D eigenvalue weighted by Crippen LogP contribution is -2.16. The van der Waals surface area contributed by atoms with Crippen LogP contribution in [0.15, 0.2) is 156 Å². The summed E-state index contributed by atoms with van der Waals surface area (Å²) in [5.74, 6) is 0.764. The minimum atomic E-state index is -0.343. The van der Waals surface area contributed by atoms with Gasteiger partial charge in [-0.2, -0.15) is 0 Å². The van der Waals surface area contributed by atoms with Crippen LogP contribution < -0.4 is 4.90 Å². The lowest BCUT2D eigenvalue weighted by Gasteiger charge is -2.27. The Morgan fingerprint density at radius 3 is 1.72 bits per heavy atom. The summed E-state index contributed by atoms with van der Waals surface area (Å²) >= 11 is 0. The fraction of sp³-hybridized carbons (Fsp3) is 0.116. The van der Waals surface area contributed by atoms with Crippen molar-refractivity contribution in [3.05, 3.63) is 178 Å². The molecule has 1 heterocycles. The lowest BCUT2D eigenvalue weighted by molar-refractivity contribution is 0.0987. The Balaban J connectivity index is 1.22. The molecule has 47 heavy (non-hydrogen) atoms. The third-order valence-electron chi connectivity index (χ3n) is 8.57. The Morgan fingerprint density at radius 2 is 1.15 bits per heavy atom. The van der Waals surface area contributed by atoms with E-state index in [2.05, 4.69) is 93.3 Å². The molecule has 5 aromatic rings. The minimum absolute atomic E-state index is 0.188. The molecule has 0 N–H and O–H groups in total. The molecule has 0 saturated carbocycles. The van der Waals surface area contributed by atoms with Gasteiger partial charge in [0.05, 0.1) is 5.57 Å². The van der Waals surface area contributed by atoms with Gasteiger partial charge in [-0.15, -0.1) is 0 Å². The van der Waals surface area contributed by atoms with Crippen LogP contribution in [0.1, 0.15) is 52.6 Å². The summed E-state index contributed by atoms with van der Waals surface area (Å²) in [5, 5.41) is 1.87. The maximum atomic E-state index is 13.7. The molecule has 4 nitrogen and oxygen atoms in total. The van der Waals surface area contributed by atoms with E-state index in [1.54, 1.807) is 6.08 Å². The Hall–Kier alpha value is -5.74. The largest absolute Gasteiger partial charge is 0.461 e. The molecule has 0 amide bonds. The van der Waals surface area contributed by atoms with Crippen molar-refractivity contribution in [3.63, 3.8) is 0 Å². The van der Waals surface area contributed by atoms with E-state index in [-0.39, 0.29) is 22.6 Å². The van der Waals surface area contributed by atoms with Gasteiger partial charge in [0.15, 0.2) is 11.6 Å². The Kier molecular flexibility index (Phi) is 7.57. The van der Waals surface area contributed by atoms with E-state index in [1.165, 1.54) is 5.56 Å². The zero-order valence-corrected chi connectivity index (χ0v) is 27.0. The Morgan fingerprint density at radius 1 is 0.617 bits per heavy atom. The summed E-state index contributed by atoms with van der Waals surface area (Å²) in [4.78, 5) is 29.6. The van der Waals surface area contributed by atoms with Gasteiger partial charge in [-0.1, -0.05) is 99.1 Å². The van der Waals surface area contributed by atoms with Crippen LogP contribution in [-0.2, 0) is 4.74 Å². The first-order valence-corrected chi connectivity index (χ1v) is 15.8. The maximum absolute atomic E-state index is 13.7. The van der Waals surface area contributed by atoms with Gasteiger partial charge in [-0.3, -0.25) is 9.59 Å². The number of fused-ring (bicyclic) bond motifs is 2. The molecule has 0 radical (unpaired) electrons. The molecule has 230 valence electrons. The zero-order chi connectivity index (χ0) is 32.7. The van der Waals surface area contributed by atoms with E-state index in [0.29, 0.717) is 28.2 Å². The molecule has 2 aliphatic rings. The van der Waals surface area contributed by atoms with Gasteiger partial charge < -0.3 is 9.64 Å². The number of para-hydroxylation sites is 1. The summed E-state index contributed by atoms with van der Waals surface area (Å²) in [6, 6.07) is 38.6. The highest BCUT2D eigenvalue weighted by molar-refractivity contribution is 6.41. The van der Waals surface area contributed by atoms with Crippen molar-refractivity contribution in [2.75, 3.05) is 4.90 Å². The van der Waals surface area contributed by atoms with Gasteiger partial charge in [0.1, 0.15) is 11.5 Å². The van der Waals surface area contributed by atoms with Gasteiger partial charge in [0.2, 0.25) is 0 Å². The minimum Gasteiger partial charge on any atom is -0.461 e. The van der Waals surface area contributed by atoms with Crippen molar-refractivity contribution < 1.29 is 14.3 Å². The topological polar surface area (TPSA) is 46.6 Å². The Labute approximate surface area is 275 Å². The molecule has 0 unspecified atom stereocenters. The number of benzene rings is 5. The quantitative estimate of drug-likeness (QED) is 0.146. The van der Waals surface area contributed by atoms with E-state index in [9.17, 15) is 9.59 Å². The summed E-state index contributed by atoms with van der Waals surface area (Å²) in [6.45, 7) is 8.25. The number of ether oxygens (including phenoxy) is 1. The number of carbonyl (C=O) groups is 2. The fourth-order valence-corrected chi connectivity index (χ4v) is 6.00. The van der Waals surface area contributed by atoms with Gasteiger partial charge >= 0.3 is 0 Å². The van der Waals surface area contributed by atoms with Crippen LogP contribution in [0.25, 0.3) is 16.8 Å². The van der Waals surface area contributed by atoms with Crippen molar-refractivity contribution in [2.45, 2.75) is 27.7 Å².